The molecule has 1 aliphatic rings. The Hall–Kier alpha value is -2.79. The summed E-state index contributed by atoms with van der Waals surface area (Å²) in [6.07, 6.45) is 3.66. The molecule has 2 heterocycles. The molecule has 0 bridgehead atoms. The van der Waals surface area contributed by atoms with Crippen LogP contribution in [0.25, 0.3) is 11.0 Å². The van der Waals surface area contributed by atoms with Gasteiger partial charge in [-0.25, -0.2) is 0 Å². The molecule has 2 atom stereocenters. The second-order valence-electron chi connectivity index (χ2n) is 8.12. The Morgan fingerprint density at radius 2 is 2.00 bits per heavy atom. The molecule has 1 fully saturated rings. The molecule has 4 rings (SSSR count). The van der Waals surface area contributed by atoms with Gasteiger partial charge in [0.05, 0.1) is 23.7 Å². The number of piperidine rings is 1. The molecule has 0 saturated carbocycles. The molecule has 0 aliphatic carbocycles. The Balaban J connectivity index is 1.67. The topological polar surface area (TPSA) is 66.9 Å². The highest BCUT2D eigenvalue weighted by atomic mass is 16.3. The van der Waals surface area contributed by atoms with Gasteiger partial charge in [-0.15, -0.1) is 0 Å². The van der Waals surface area contributed by atoms with Crippen LogP contribution in [0.3, 0.4) is 0 Å². The summed E-state index contributed by atoms with van der Waals surface area (Å²) in [7, 11) is 0. The summed E-state index contributed by atoms with van der Waals surface area (Å²) in [5.74, 6) is 0.651. The predicted molar refractivity (Wildman–Crippen MR) is 113 cm³/mol. The highest BCUT2D eigenvalue weighted by molar-refractivity contribution is 6.08. The van der Waals surface area contributed by atoms with Crippen LogP contribution in [0.5, 0.6) is 5.75 Å². The number of hydrogen-bond donors (Lipinski definition) is 3. The van der Waals surface area contributed by atoms with Crippen LogP contribution in [0.15, 0.2) is 46.9 Å². The number of benzene rings is 2. The van der Waals surface area contributed by atoms with Gasteiger partial charge in [-0.3, -0.25) is 4.79 Å². The summed E-state index contributed by atoms with van der Waals surface area (Å²) in [4.78, 5) is 14.5. The lowest BCUT2D eigenvalue weighted by atomic mass is 9.99. The SMILES string of the molecule is Cc1oc2ccc(O)c(C[NH+]3CCCC[C@H]3C)c2c1C(=O)NCc1ccccc1. The Morgan fingerprint density at radius 1 is 1.21 bits per heavy atom. The normalized spacial score (nSPS) is 19.4. The molecule has 29 heavy (non-hydrogen) atoms. The van der Waals surface area contributed by atoms with Crippen LogP contribution in [0, 0.1) is 6.92 Å². The number of carbonyl (C=O) groups excluding carboxylic acids is 1. The van der Waals surface area contributed by atoms with Crippen LogP contribution in [0.4, 0.5) is 0 Å². The number of fused-ring (bicyclic) bond motifs is 1. The third-order valence-electron chi connectivity index (χ3n) is 6.12. The number of quaternary nitrogens is 1. The maximum Gasteiger partial charge on any atom is 0.255 e. The summed E-state index contributed by atoms with van der Waals surface area (Å²) in [5.41, 5.74) is 3.05. The van der Waals surface area contributed by atoms with Crippen LogP contribution in [-0.4, -0.2) is 23.6 Å². The fraction of sp³-hybridized carbons (Fsp3) is 0.375. The standard InChI is InChI=1S/C24H28N2O3/c1-16-8-6-7-13-26(16)15-19-20(27)11-12-21-23(19)22(17(2)29-21)24(28)25-14-18-9-4-3-5-10-18/h3-5,9-12,16,27H,6-8,13-15H2,1-2H3,(H,25,28)/p+1/t16-/m1/s1. The monoisotopic (exact) mass is 393 g/mol. The van der Waals surface area contributed by atoms with E-state index in [4.69, 9.17) is 4.42 Å². The third kappa shape index (κ3) is 4.01. The van der Waals surface area contributed by atoms with Crippen molar-refractivity contribution in [1.82, 2.24) is 5.32 Å². The second kappa shape index (κ2) is 8.29. The smallest absolute Gasteiger partial charge is 0.255 e. The summed E-state index contributed by atoms with van der Waals surface area (Å²) in [5, 5.41) is 14.4. The van der Waals surface area contributed by atoms with E-state index in [0.717, 1.165) is 23.1 Å². The van der Waals surface area contributed by atoms with Crippen molar-refractivity contribution in [3.63, 3.8) is 0 Å². The van der Waals surface area contributed by atoms with Crippen molar-refractivity contribution in [2.45, 2.75) is 52.2 Å². The van der Waals surface area contributed by atoms with Crippen molar-refractivity contribution in [1.29, 1.82) is 0 Å². The van der Waals surface area contributed by atoms with Crippen molar-refractivity contribution in [3.8, 4) is 5.75 Å². The molecule has 5 heteroatoms. The highest BCUT2D eigenvalue weighted by Gasteiger charge is 2.28. The zero-order valence-electron chi connectivity index (χ0n) is 17.1. The number of rotatable bonds is 5. The summed E-state index contributed by atoms with van der Waals surface area (Å²) < 4.78 is 5.90. The van der Waals surface area contributed by atoms with Gasteiger partial charge in [0, 0.05) is 11.9 Å². The van der Waals surface area contributed by atoms with Crippen molar-refractivity contribution < 1.29 is 19.2 Å². The minimum absolute atomic E-state index is 0.168. The van der Waals surface area contributed by atoms with Gasteiger partial charge in [-0.1, -0.05) is 30.3 Å². The lowest BCUT2D eigenvalue weighted by Crippen LogP contribution is -3.14. The molecule has 1 amide bonds. The first kappa shape index (κ1) is 19.5. The van der Waals surface area contributed by atoms with E-state index in [1.807, 2.05) is 37.3 Å². The van der Waals surface area contributed by atoms with Gasteiger partial charge in [0.25, 0.3) is 5.91 Å². The number of phenols is 1. The Labute approximate surface area is 171 Å². The van der Waals surface area contributed by atoms with Gasteiger partial charge in [0.2, 0.25) is 0 Å². The zero-order valence-corrected chi connectivity index (χ0v) is 17.1. The minimum atomic E-state index is -0.168. The van der Waals surface area contributed by atoms with Crippen LogP contribution in [0.2, 0.25) is 0 Å². The van der Waals surface area contributed by atoms with Crippen LogP contribution in [-0.2, 0) is 13.1 Å². The molecule has 1 aliphatic heterocycles. The Bertz CT molecular complexity index is 1010. The van der Waals surface area contributed by atoms with Gasteiger partial charge in [-0.2, -0.15) is 0 Å². The molecule has 1 unspecified atom stereocenters. The number of likely N-dealkylation sites (tertiary alicyclic amines) is 1. The summed E-state index contributed by atoms with van der Waals surface area (Å²) in [6, 6.07) is 13.8. The Kier molecular flexibility index (Phi) is 5.58. The first-order chi connectivity index (χ1) is 14.0. The van der Waals surface area contributed by atoms with E-state index in [0.29, 0.717) is 36.0 Å². The minimum Gasteiger partial charge on any atom is -0.507 e. The lowest BCUT2D eigenvalue weighted by molar-refractivity contribution is -0.941. The van der Waals surface area contributed by atoms with Crippen molar-refractivity contribution in [3.05, 3.63) is 64.9 Å². The van der Waals surface area contributed by atoms with Crippen molar-refractivity contribution in [2.75, 3.05) is 6.54 Å². The van der Waals surface area contributed by atoms with Gasteiger partial charge in [0.1, 0.15) is 23.6 Å². The fourth-order valence-corrected chi connectivity index (χ4v) is 4.43. The molecule has 0 spiro atoms. The van der Waals surface area contributed by atoms with E-state index >= 15 is 0 Å². The van der Waals surface area contributed by atoms with Gasteiger partial charge in [-0.05, 0) is 50.8 Å². The number of phenolic OH excluding ortho intramolecular Hbond substituents is 1. The number of furan rings is 1. The van der Waals surface area contributed by atoms with Crippen molar-refractivity contribution >= 4 is 16.9 Å². The molecule has 5 nitrogen and oxygen atoms in total. The number of amides is 1. The molecule has 152 valence electrons. The van der Waals surface area contributed by atoms with Crippen molar-refractivity contribution in [2.24, 2.45) is 0 Å². The van der Waals surface area contributed by atoms with E-state index in [1.165, 1.54) is 24.2 Å². The quantitative estimate of drug-likeness (QED) is 0.623. The van der Waals surface area contributed by atoms with Crippen LogP contribution >= 0.6 is 0 Å². The number of nitrogens with one attached hydrogen (secondary N) is 2. The van der Waals surface area contributed by atoms with Gasteiger partial charge in [0.15, 0.2) is 0 Å². The molecular formula is C24H29N2O3+. The van der Waals surface area contributed by atoms with E-state index < -0.39 is 0 Å². The lowest BCUT2D eigenvalue weighted by Gasteiger charge is -2.30. The molecular weight excluding hydrogens is 364 g/mol. The highest BCUT2D eigenvalue weighted by Crippen LogP contribution is 2.33. The molecule has 0 radical (unpaired) electrons. The maximum atomic E-state index is 13.1. The van der Waals surface area contributed by atoms with E-state index in [-0.39, 0.29) is 11.7 Å². The van der Waals surface area contributed by atoms with E-state index in [1.54, 1.807) is 12.1 Å². The molecule has 1 aromatic heterocycles. The number of hydrogen-bond acceptors (Lipinski definition) is 3. The fourth-order valence-electron chi connectivity index (χ4n) is 4.43. The first-order valence-corrected chi connectivity index (χ1v) is 10.4. The van der Waals surface area contributed by atoms with E-state index in [2.05, 4.69) is 12.2 Å². The predicted octanol–water partition coefficient (Wildman–Crippen LogP) is 3.33. The maximum absolute atomic E-state index is 13.1. The Morgan fingerprint density at radius 3 is 2.76 bits per heavy atom. The second-order valence-corrected chi connectivity index (χ2v) is 8.12. The first-order valence-electron chi connectivity index (χ1n) is 10.4. The van der Waals surface area contributed by atoms with Gasteiger partial charge >= 0.3 is 0 Å². The third-order valence-corrected chi connectivity index (χ3v) is 6.12. The van der Waals surface area contributed by atoms with Crippen LogP contribution in [0.1, 0.15) is 53.4 Å². The molecule has 3 aromatic rings. The molecule has 2 aromatic carbocycles. The summed E-state index contributed by atoms with van der Waals surface area (Å²) in [6.45, 7) is 6.31. The average molecular weight is 394 g/mol. The molecule has 3 N–H and O–H groups in total. The van der Waals surface area contributed by atoms with Crippen LogP contribution < -0.4 is 10.2 Å². The average Bonchev–Trinajstić information content (AvgIpc) is 3.07. The number of carbonyl (C=O) groups is 1. The molecule has 1 saturated heterocycles. The summed E-state index contributed by atoms with van der Waals surface area (Å²) >= 11 is 0. The number of aromatic hydroxyl groups is 1. The van der Waals surface area contributed by atoms with E-state index in [9.17, 15) is 9.90 Å². The van der Waals surface area contributed by atoms with Gasteiger partial charge < -0.3 is 19.7 Å². The number of aryl methyl sites for hydroxylation is 1. The zero-order chi connectivity index (χ0) is 20.4. The largest absolute Gasteiger partial charge is 0.507 e.